The van der Waals surface area contributed by atoms with Gasteiger partial charge >= 0.3 is 5.97 Å². The maximum absolute atomic E-state index is 12.5. The first-order valence-electron chi connectivity index (χ1n) is 9.85. The van der Waals surface area contributed by atoms with Crippen molar-refractivity contribution in [2.24, 2.45) is 5.92 Å². The second-order valence-corrected chi connectivity index (χ2v) is 7.39. The molecule has 2 atom stereocenters. The van der Waals surface area contributed by atoms with Crippen LogP contribution in [0.4, 0.5) is 5.69 Å². The Morgan fingerprint density at radius 3 is 2.63 bits per heavy atom. The molecule has 0 saturated carbocycles. The molecule has 2 aromatic rings. The number of carbonyl (C=O) groups is 3. The first-order chi connectivity index (χ1) is 14.4. The van der Waals surface area contributed by atoms with Crippen molar-refractivity contribution < 1.29 is 23.9 Å². The van der Waals surface area contributed by atoms with Crippen LogP contribution in [-0.2, 0) is 25.7 Å². The number of aryl methyl sites for hydroxylation is 1. The number of nitrogens with zero attached hydrogens (tertiary/aromatic N) is 1. The molecule has 1 N–H and O–H groups in total. The summed E-state index contributed by atoms with van der Waals surface area (Å²) in [7, 11) is 1.55. The summed E-state index contributed by atoms with van der Waals surface area (Å²) in [4.78, 5) is 38.7. The molecule has 158 valence electrons. The van der Waals surface area contributed by atoms with E-state index in [1.165, 1.54) is 11.8 Å². The minimum Gasteiger partial charge on any atom is -0.497 e. The van der Waals surface area contributed by atoms with Gasteiger partial charge in [-0.25, -0.2) is 0 Å². The standard InChI is InChI=1S/C23H26N2O5/c1-15-7-9-17(10-8-15)13-24-22(27)16(2)30-23(28)18-11-21(26)25(14-18)19-5-4-6-20(12-19)29-3/h4-10,12,16,18H,11,13-14H2,1-3H3,(H,24,27). The predicted octanol–water partition coefficient (Wildman–Crippen LogP) is 2.60. The Kier molecular flexibility index (Phi) is 6.72. The van der Waals surface area contributed by atoms with Crippen molar-refractivity contribution in [3.63, 3.8) is 0 Å². The molecule has 1 aliphatic rings. The maximum atomic E-state index is 12.5. The molecule has 0 bridgehead atoms. The molecule has 7 nitrogen and oxygen atoms in total. The lowest BCUT2D eigenvalue weighted by atomic mass is 10.1. The van der Waals surface area contributed by atoms with Crippen molar-refractivity contribution in [2.75, 3.05) is 18.6 Å². The van der Waals surface area contributed by atoms with E-state index in [9.17, 15) is 14.4 Å². The van der Waals surface area contributed by atoms with Gasteiger partial charge in [0.1, 0.15) is 5.75 Å². The summed E-state index contributed by atoms with van der Waals surface area (Å²) in [5, 5.41) is 2.76. The number of nitrogens with one attached hydrogen (secondary N) is 1. The van der Waals surface area contributed by atoms with Gasteiger partial charge in [0.25, 0.3) is 5.91 Å². The fourth-order valence-corrected chi connectivity index (χ4v) is 3.26. The van der Waals surface area contributed by atoms with E-state index in [1.807, 2.05) is 31.2 Å². The highest BCUT2D eigenvalue weighted by molar-refractivity contribution is 5.99. The Bertz CT molecular complexity index is 925. The lowest BCUT2D eigenvalue weighted by Gasteiger charge is -2.18. The van der Waals surface area contributed by atoms with E-state index in [2.05, 4.69) is 5.32 Å². The summed E-state index contributed by atoms with van der Waals surface area (Å²) in [5.74, 6) is -1.08. The van der Waals surface area contributed by atoms with E-state index in [0.717, 1.165) is 11.1 Å². The largest absolute Gasteiger partial charge is 0.497 e. The van der Waals surface area contributed by atoms with E-state index in [4.69, 9.17) is 9.47 Å². The summed E-state index contributed by atoms with van der Waals surface area (Å²) in [6.07, 6.45) is -0.891. The second-order valence-electron chi connectivity index (χ2n) is 7.39. The lowest BCUT2D eigenvalue weighted by Crippen LogP contribution is -2.37. The van der Waals surface area contributed by atoms with Crippen LogP contribution in [0.2, 0.25) is 0 Å². The molecular weight excluding hydrogens is 384 g/mol. The molecule has 2 unspecified atom stereocenters. The first kappa shape index (κ1) is 21.4. The van der Waals surface area contributed by atoms with E-state index < -0.39 is 18.0 Å². The molecule has 7 heteroatoms. The summed E-state index contributed by atoms with van der Waals surface area (Å²) in [6, 6.07) is 14.9. The molecule has 1 saturated heterocycles. The van der Waals surface area contributed by atoms with Crippen LogP contribution in [0.3, 0.4) is 0 Å². The van der Waals surface area contributed by atoms with Gasteiger partial charge in [-0.3, -0.25) is 14.4 Å². The number of rotatable bonds is 7. The van der Waals surface area contributed by atoms with Crippen molar-refractivity contribution >= 4 is 23.5 Å². The topological polar surface area (TPSA) is 84.9 Å². The monoisotopic (exact) mass is 410 g/mol. The van der Waals surface area contributed by atoms with Crippen LogP contribution in [0.15, 0.2) is 48.5 Å². The molecule has 0 radical (unpaired) electrons. The zero-order valence-electron chi connectivity index (χ0n) is 17.4. The number of ether oxygens (including phenoxy) is 2. The summed E-state index contributed by atoms with van der Waals surface area (Å²) in [6.45, 7) is 4.08. The van der Waals surface area contributed by atoms with Gasteiger partial charge in [0, 0.05) is 31.3 Å². The van der Waals surface area contributed by atoms with Gasteiger partial charge < -0.3 is 19.7 Å². The molecular formula is C23H26N2O5. The van der Waals surface area contributed by atoms with Gasteiger partial charge in [0.05, 0.1) is 13.0 Å². The number of hydrogen-bond donors (Lipinski definition) is 1. The van der Waals surface area contributed by atoms with Crippen LogP contribution in [0.1, 0.15) is 24.5 Å². The number of methoxy groups -OCH3 is 1. The molecule has 0 aliphatic carbocycles. The van der Waals surface area contributed by atoms with Gasteiger partial charge in [0.15, 0.2) is 6.10 Å². The molecule has 2 aromatic carbocycles. The molecule has 30 heavy (non-hydrogen) atoms. The number of esters is 1. The number of benzene rings is 2. The third-order valence-corrected chi connectivity index (χ3v) is 5.07. The maximum Gasteiger partial charge on any atom is 0.312 e. The van der Waals surface area contributed by atoms with Crippen LogP contribution in [0.5, 0.6) is 5.75 Å². The average Bonchev–Trinajstić information content (AvgIpc) is 3.15. The van der Waals surface area contributed by atoms with Crippen LogP contribution in [0.25, 0.3) is 0 Å². The third kappa shape index (κ3) is 5.17. The SMILES string of the molecule is COc1cccc(N2CC(C(=O)OC(C)C(=O)NCc3ccc(C)cc3)CC2=O)c1. The van der Waals surface area contributed by atoms with E-state index in [1.54, 1.807) is 31.4 Å². The molecule has 2 amide bonds. The van der Waals surface area contributed by atoms with Gasteiger partial charge in [0.2, 0.25) is 5.91 Å². The first-order valence-corrected chi connectivity index (χ1v) is 9.85. The lowest BCUT2D eigenvalue weighted by molar-refractivity contribution is -0.158. The smallest absolute Gasteiger partial charge is 0.312 e. The molecule has 0 aromatic heterocycles. The Morgan fingerprint density at radius 1 is 1.20 bits per heavy atom. The zero-order valence-corrected chi connectivity index (χ0v) is 17.4. The Hall–Kier alpha value is -3.35. The van der Waals surface area contributed by atoms with Gasteiger partial charge in [-0.15, -0.1) is 0 Å². The van der Waals surface area contributed by atoms with Crippen molar-refractivity contribution in [3.8, 4) is 5.75 Å². The minimum absolute atomic E-state index is 0.0494. The molecule has 1 heterocycles. The fraction of sp³-hybridized carbons (Fsp3) is 0.348. The van der Waals surface area contributed by atoms with Crippen LogP contribution >= 0.6 is 0 Å². The highest BCUT2D eigenvalue weighted by Crippen LogP contribution is 2.28. The highest BCUT2D eigenvalue weighted by atomic mass is 16.5. The molecule has 1 aliphatic heterocycles. The van der Waals surface area contributed by atoms with Crippen LogP contribution in [0, 0.1) is 12.8 Å². The quantitative estimate of drug-likeness (QED) is 0.710. The van der Waals surface area contributed by atoms with Gasteiger partial charge in [-0.2, -0.15) is 0 Å². The van der Waals surface area contributed by atoms with E-state index in [-0.39, 0.29) is 24.8 Å². The summed E-state index contributed by atoms with van der Waals surface area (Å²) in [5.41, 5.74) is 2.77. The highest BCUT2D eigenvalue weighted by Gasteiger charge is 2.37. The zero-order chi connectivity index (χ0) is 21.7. The van der Waals surface area contributed by atoms with Crippen LogP contribution in [-0.4, -0.2) is 37.5 Å². The minimum atomic E-state index is -0.941. The van der Waals surface area contributed by atoms with Crippen LogP contribution < -0.4 is 15.0 Å². The number of amides is 2. The number of hydrogen-bond acceptors (Lipinski definition) is 5. The van der Waals surface area contributed by atoms with E-state index in [0.29, 0.717) is 18.0 Å². The normalized spacial score (nSPS) is 16.8. The molecule has 1 fully saturated rings. The second kappa shape index (κ2) is 9.43. The Labute approximate surface area is 176 Å². The average molecular weight is 410 g/mol. The van der Waals surface area contributed by atoms with Gasteiger partial charge in [-0.05, 0) is 31.5 Å². The van der Waals surface area contributed by atoms with Gasteiger partial charge in [-0.1, -0.05) is 35.9 Å². The van der Waals surface area contributed by atoms with E-state index >= 15 is 0 Å². The van der Waals surface area contributed by atoms with Crippen molar-refractivity contribution in [1.29, 1.82) is 0 Å². The number of anilines is 1. The third-order valence-electron chi connectivity index (χ3n) is 5.07. The van der Waals surface area contributed by atoms with Crippen molar-refractivity contribution in [3.05, 3.63) is 59.7 Å². The fourth-order valence-electron chi connectivity index (χ4n) is 3.26. The number of carbonyl (C=O) groups excluding carboxylic acids is 3. The predicted molar refractivity (Wildman–Crippen MR) is 112 cm³/mol. The summed E-state index contributed by atoms with van der Waals surface area (Å²) >= 11 is 0. The molecule has 3 rings (SSSR count). The molecule has 0 spiro atoms. The Morgan fingerprint density at radius 2 is 1.93 bits per heavy atom. The summed E-state index contributed by atoms with van der Waals surface area (Å²) < 4.78 is 10.5. The van der Waals surface area contributed by atoms with Crippen molar-refractivity contribution in [1.82, 2.24) is 5.32 Å². The Balaban J connectivity index is 1.52. The van der Waals surface area contributed by atoms with Crippen molar-refractivity contribution in [2.45, 2.75) is 32.9 Å².